The van der Waals surface area contributed by atoms with Crippen molar-refractivity contribution in [2.75, 3.05) is 26.0 Å². The van der Waals surface area contributed by atoms with Crippen LogP contribution in [0.2, 0.25) is 0 Å². The van der Waals surface area contributed by atoms with Gasteiger partial charge in [-0.05, 0) is 30.7 Å². The molecule has 2 aromatic carbocycles. The quantitative estimate of drug-likeness (QED) is 0.749. The van der Waals surface area contributed by atoms with E-state index in [9.17, 15) is 9.59 Å². The Balaban J connectivity index is 1.88. The Hall–Kier alpha value is -3.08. The zero-order valence-corrected chi connectivity index (χ0v) is 15.9. The number of Topliss-reactive ketones (excluding diaryl/α,β-unsaturated/α-hetero) is 2. The van der Waals surface area contributed by atoms with Crippen LogP contribution in [-0.2, 0) is 0 Å². The van der Waals surface area contributed by atoms with Gasteiger partial charge in [0.1, 0.15) is 17.1 Å². The predicted molar refractivity (Wildman–Crippen MR) is 106 cm³/mol. The highest BCUT2D eigenvalue weighted by atomic mass is 16.5. The van der Waals surface area contributed by atoms with E-state index in [4.69, 9.17) is 4.74 Å². The standard InChI is InChI=1S/C22H24N2O3/c1-4-5-14-27-16-12-10-15(11-13-16)23-19-20(24(2)3)22(26)18-9-7-6-8-17(18)21(19)25/h6-13,23H,4-5,14H2,1-3H3. The number of fused-ring (bicyclic) bond motifs is 1. The minimum absolute atomic E-state index is 0.155. The Morgan fingerprint density at radius 3 is 2.15 bits per heavy atom. The molecule has 0 spiro atoms. The van der Waals surface area contributed by atoms with Gasteiger partial charge in [0, 0.05) is 30.9 Å². The third-order valence-corrected chi connectivity index (χ3v) is 4.43. The van der Waals surface area contributed by atoms with Crippen LogP contribution in [0.5, 0.6) is 5.75 Å². The Kier molecular flexibility index (Phi) is 5.60. The van der Waals surface area contributed by atoms with E-state index >= 15 is 0 Å². The summed E-state index contributed by atoms with van der Waals surface area (Å²) in [6.45, 7) is 2.80. The molecule has 27 heavy (non-hydrogen) atoms. The maximum atomic E-state index is 13.0. The van der Waals surface area contributed by atoms with Crippen molar-refractivity contribution in [2.45, 2.75) is 19.8 Å². The molecule has 0 unspecified atom stereocenters. The molecule has 0 fully saturated rings. The molecular formula is C22H24N2O3. The number of anilines is 1. The van der Waals surface area contributed by atoms with Crippen LogP contribution in [0.1, 0.15) is 40.5 Å². The molecule has 1 aliphatic rings. The van der Waals surface area contributed by atoms with Crippen LogP contribution in [-0.4, -0.2) is 37.2 Å². The van der Waals surface area contributed by atoms with E-state index < -0.39 is 0 Å². The highest BCUT2D eigenvalue weighted by Gasteiger charge is 2.33. The predicted octanol–water partition coefficient (Wildman–Crippen LogP) is 4.13. The van der Waals surface area contributed by atoms with Gasteiger partial charge in [-0.2, -0.15) is 0 Å². The van der Waals surface area contributed by atoms with Crippen LogP contribution in [0.4, 0.5) is 5.69 Å². The summed E-state index contributed by atoms with van der Waals surface area (Å²) in [5, 5.41) is 3.14. The maximum Gasteiger partial charge on any atom is 0.212 e. The molecule has 0 aliphatic heterocycles. The van der Waals surface area contributed by atoms with Gasteiger partial charge in [-0.25, -0.2) is 0 Å². The maximum absolute atomic E-state index is 13.0. The first-order valence-electron chi connectivity index (χ1n) is 9.12. The number of benzene rings is 2. The SMILES string of the molecule is CCCCOc1ccc(NC2=C(N(C)C)C(=O)c3ccccc3C2=O)cc1. The van der Waals surface area contributed by atoms with E-state index in [-0.39, 0.29) is 11.6 Å². The molecular weight excluding hydrogens is 340 g/mol. The van der Waals surface area contributed by atoms with Crippen molar-refractivity contribution in [3.63, 3.8) is 0 Å². The van der Waals surface area contributed by atoms with Crippen molar-refractivity contribution in [2.24, 2.45) is 0 Å². The van der Waals surface area contributed by atoms with E-state index in [0.29, 0.717) is 29.1 Å². The van der Waals surface area contributed by atoms with Gasteiger partial charge in [-0.1, -0.05) is 37.6 Å². The number of unbranched alkanes of at least 4 members (excludes halogenated alkanes) is 1. The fourth-order valence-corrected chi connectivity index (χ4v) is 3.02. The van der Waals surface area contributed by atoms with Gasteiger partial charge in [0.15, 0.2) is 0 Å². The number of ketones is 2. The highest BCUT2D eigenvalue weighted by molar-refractivity contribution is 6.27. The first-order chi connectivity index (χ1) is 13.0. The Bertz CT molecular complexity index is 883. The zero-order chi connectivity index (χ0) is 19.4. The fraction of sp³-hybridized carbons (Fsp3) is 0.273. The minimum Gasteiger partial charge on any atom is -0.494 e. The van der Waals surface area contributed by atoms with E-state index in [1.165, 1.54) is 0 Å². The smallest absolute Gasteiger partial charge is 0.212 e. The largest absolute Gasteiger partial charge is 0.494 e. The average molecular weight is 364 g/mol. The molecule has 5 nitrogen and oxygen atoms in total. The van der Waals surface area contributed by atoms with Crippen LogP contribution in [0.25, 0.3) is 0 Å². The monoisotopic (exact) mass is 364 g/mol. The molecule has 140 valence electrons. The third-order valence-electron chi connectivity index (χ3n) is 4.43. The summed E-state index contributed by atoms with van der Waals surface area (Å²) in [4.78, 5) is 27.6. The number of ether oxygens (including phenoxy) is 1. The van der Waals surface area contributed by atoms with Crippen molar-refractivity contribution in [1.82, 2.24) is 4.90 Å². The van der Waals surface area contributed by atoms with Gasteiger partial charge in [-0.3, -0.25) is 9.59 Å². The summed E-state index contributed by atoms with van der Waals surface area (Å²) in [5.41, 5.74) is 2.25. The van der Waals surface area contributed by atoms with Crippen molar-refractivity contribution >= 4 is 17.3 Å². The normalized spacial score (nSPS) is 13.4. The molecule has 1 N–H and O–H groups in total. The first-order valence-corrected chi connectivity index (χ1v) is 9.12. The molecule has 2 aromatic rings. The van der Waals surface area contributed by atoms with Crippen LogP contribution in [0.15, 0.2) is 59.9 Å². The average Bonchev–Trinajstić information content (AvgIpc) is 2.67. The highest BCUT2D eigenvalue weighted by Crippen LogP contribution is 2.29. The first kappa shape index (κ1) is 18.7. The lowest BCUT2D eigenvalue weighted by molar-refractivity contribution is 0.0953. The zero-order valence-electron chi connectivity index (χ0n) is 15.9. The second kappa shape index (κ2) is 8.08. The van der Waals surface area contributed by atoms with Gasteiger partial charge >= 0.3 is 0 Å². The number of hydrogen-bond acceptors (Lipinski definition) is 5. The van der Waals surface area contributed by atoms with Crippen molar-refractivity contribution in [3.8, 4) is 5.75 Å². The summed E-state index contributed by atoms with van der Waals surface area (Å²) in [5.74, 6) is 0.446. The number of carbonyl (C=O) groups excluding carboxylic acids is 2. The van der Waals surface area contributed by atoms with Crippen LogP contribution < -0.4 is 10.1 Å². The topological polar surface area (TPSA) is 58.6 Å². The van der Waals surface area contributed by atoms with Gasteiger partial charge in [0.25, 0.3) is 0 Å². The van der Waals surface area contributed by atoms with Gasteiger partial charge in [-0.15, -0.1) is 0 Å². The van der Waals surface area contributed by atoms with E-state index in [2.05, 4.69) is 12.2 Å². The molecule has 0 atom stereocenters. The number of allylic oxidation sites excluding steroid dienone is 2. The Morgan fingerprint density at radius 2 is 1.56 bits per heavy atom. The lowest BCUT2D eigenvalue weighted by atomic mass is 9.89. The molecule has 0 aromatic heterocycles. The molecule has 3 rings (SSSR count). The molecule has 5 heteroatoms. The number of hydrogen-bond donors (Lipinski definition) is 1. The van der Waals surface area contributed by atoms with Crippen molar-refractivity contribution < 1.29 is 14.3 Å². The second-order valence-corrected chi connectivity index (χ2v) is 6.67. The number of rotatable bonds is 7. The van der Waals surface area contributed by atoms with Crippen LogP contribution in [0, 0.1) is 0 Å². The second-order valence-electron chi connectivity index (χ2n) is 6.67. The summed E-state index contributed by atoms with van der Waals surface area (Å²) >= 11 is 0. The van der Waals surface area contributed by atoms with Gasteiger partial charge < -0.3 is 15.0 Å². The lowest BCUT2D eigenvalue weighted by Crippen LogP contribution is -2.32. The van der Waals surface area contributed by atoms with Crippen molar-refractivity contribution in [3.05, 3.63) is 71.1 Å². The Morgan fingerprint density at radius 1 is 0.926 bits per heavy atom. The number of carbonyl (C=O) groups is 2. The van der Waals surface area contributed by atoms with Crippen molar-refractivity contribution in [1.29, 1.82) is 0 Å². The van der Waals surface area contributed by atoms with E-state index in [1.807, 2.05) is 24.3 Å². The van der Waals surface area contributed by atoms with Crippen LogP contribution in [0.3, 0.4) is 0 Å². The molecule has 0 amide bonds. The number of nitrogens with one attached hydrogen (secondary N) is 1. The molecule has 0 bridgehead atoms. The molecule has 0 heterocycles. The minimum atomic E-state index is -0.183. The molecule has 0 saturated heterocycles. The van der Waals surface area contributed by atoms with E-state index in [1.54, 1.807) is 43.3 Å². The number of nitrogens with zero attached hydrogens (tertiary/aromatic N) is 1. The summed E-state index contributed by atoms with van der Waals surface area (Å²) in [7, 11) is 3.53. The molecule has 0 saturated carbocycles. The van der Waals surface area contributed by atoms with Crippen LogP contribution >= 0.6 is 0 Å². The molecule has 0 radical (unpaired) electrons. The third kappa shape index (κ3) is 3.87. The summed E-state index contributed by atoms with van der Waals surface area (Å²) in [6.07, 6.45) is 2.09. The van der Waals surface area contributed by atoms with E-state index in [0.717, 1.165) is 24.3 Å². The fourth-order valence-electron chi connectivity index (χ4n) is 3.02. The Labute approximate surface area is 159 Å². The summed E-state index contributed by atoms with van der Waals surface area (Å²) < 4.78 is 5.67. The van der Waals surface area contributed by atoms with Gasteiger partial charge in [0.05, 0.1) is 6.61 Å². The molecule has 1 aliphatic carbocycles. The summed E-state index contributed by atoms with van der Waals surface area (Å²) in [6, 6.07) is 14.3. The van der Waals surface area contributed by atoms with Gasteiger partial charge in [0.2, 0.25) is 11.6 Å². The number of likely N-dealkylation sites (N-methyl/N-ethyl adjacent to an activating group) is 1. The lowest BCUT2D eigenvalue weighted by Gasteiger charge is -2.26.